The van der Waals surface area contributed by atoms with Gasteiger partial charge in [0.25, 0.3) is 0 Å². The zero-order valence-corrected chi connectivity index (χ0v) is 8.72. The number of morpholine rings is 1. The van der Waals surface area contributed by atoms with E-state index in [0.717, 1.165) is 0 Å². The lowest BCUT2D eigenvalue weighted by atomic mass is 10.3. The second-order valence-electron chi connectivity index (χ2n) is 3.21. The highest BCUT2D eigenvalue weighted by Crippen LogP contribution is 2.03. The Morgan fingerprint density at radius 3 is 2.73 bits per heavy atom. The number of ether oxygens (including phenoxy) is 2. The lowest BCUT2D eigenvalue weighted by molar-refractivity contribution is -0.104. The Morgan fingerprint density at radius 1 is 1.47 bits per heavy atom. The Balaban J connectivity index is 2.33. The molecule has 0 spiro atoms. The van der Waals surface area contributed by atoms with Crippen LogP contribution in [-0.2, 0) is 14.3 Å². The van der Waals surface area contributed by atoms with Crippen LogP contribution in [0.25, 0.3) is 0 Å². The minimum Gasteiger partial charge on any atom is -0.442 e. The van der Waals surface area contributed by atoms with E-state index in [2.05, 4.69) is 0 Å². The topological polar surface area (TPSA) is 55.8 Å². The maximum absolute atomic E-state index is 11.5. The van der Waals surface area contributed by atoms with E-state index in [1.54, 1.807) is 11.8 Å². The monoisotopic (exact) mass is 213 g/mol. The second-order valence-corrected chi connectivity index (χ2v) is 3.21. The molecule has 1 amide bonds. The van der Waals surface area contributed by atoms with Gasteiger partial charge in [-0.25, -0.2) is 4.79 Å². The van der Waals surface area contributed by atoms with Crippen LogP contribution in [0.1, 0.15) is 6.92 Å². The summed E-state index contributed by atoms with van der Waals surface area (Å²) in [5.41, 5.74) is 0. The van der Waals surface area contributed by atoms with Crippen molar-refractivity contribution >= 4 is 12.4 Å². The molecule has 1 atom stereocenters. The predicted molar refractivity (Wildman–Crippen MR) is 53.5 cm³/mol. The first-order chi connectivity index (χ1) is 7.24. The standard InChI is InChI=1S/C10H15NO4/c1-9(3-2-6-12)15-10(13)11-4-7-14-8-5-11/h2-3,6,9H,4-5,7-8H2,1H3. The molecule has 0 aromatic heterocycles. The second kappa shape index (κ2) is 6.19. The van der Waals surface area contributed by atoms with Gasteiger partial charge < -0.3 is 14.4 Å². The van der Waals surface area contributed by atoms with E-state index in [1.807, 2.05) is 0 Å². The first kappa shape index (κ1) is 11.7. The van der Waals surface area contributed by atoms with E-state index in [0.29, 0.717) is 32.6 Å². The van der Waals surface area contributed by atoms with Crippen LogP contribution in [0, 0.1) is 0 Å². The van der Waals surface area contributed by atoms with Gasteiger partial charge in [-0.3, -0.25) is 4.79 Å². The number of aldehydes is 1. The first-order valence-corrected chi connectivity index (χ1v) is 4.89. The Labute approximate surface area is 88.6 Å². The molecule has 1 heterocycles. The van der Waals surface area contributed by atoms with Crippen molar-refractivity contribution in [3.63, 3.8) is 0 Å². The van der Waals surface area contributed by atoms with Crippen LogP contribution in [0.5, 0.6) is 0 Å². The summed E-state index contributed by atoms with van der Waals surface area (Å²) in [5, 5.41) is 0. The number of carbonyl (C=O) groups is 2. The van der Waals surface area contributed by atoms with Gasteiger partial charge in [-0.2, -0.15) is 0 Å². The Kier molecular flexibility index (Phi) is 4.83. The zero-order valence-electron chi connectivity index (χ0n) is 8.72. The number of hydrogen-bond donors (Lipinski definition) is 0. The van der Waals surface area contributed by atoms with E-state index in [-0.39, 0.29) is 12.2 Å². The third-order valence-electron chi connectivity index (χ3n) is 2.02. The Bertz CT molecular complexity index is 246. The molecule has 0 aliphatic carbocycles. The summed E-state index contributed by atoms with van der Waals surface area (Å²) >= 11 is 0. The molecule has 0 N–H and O–H groups in total. The molecule has 0 saturated carbocycles. The number of nitrogens with zero attached hydrogens (tertiary/aromatic N) is 1. The van der Waals surface area contributed by atoms with Crippen LogP contribution >= 0.6 is 0 Å². The minimum atomic E-state index is -0.384. The number of rotatable bonds is 3. The molecule has 1 aliphatic heterocycles. The lowest BCUT2D eigenvalue weighted by Crippen LogP contribution is -2.41. The third kappa shape index (κ3) is 4.12. The van der Waals surface area contributed by atoms with Gasteiger partial charge in [0.05, 0.1) is 13.2 Å². The molecular formula is C10H15NO4. The first-order valence-electron chi connectivity index (χ1n) is 4.89. The maximum atomic E-state index is 11.5. The van der Waals surface area contributed by atoms with Crippen molar-refractivity contribution in [2.45, 2.75) is 13.0 Å². The van der Waals surface area contributed by atoms with Gasteiger partial charge >= 0.3 is 6.09 Å². The van der Waals surface area contributed by atoms with Crippen LogP contribution in [-0.4, -0.2) is 49.7 Å². The lowest BCUT2D eigenvalue weighted by Gasteiger charge is -2.26. The normalized spacial score (nSPS) is 18.9. The fourth-order valence-electron chi connectivity index (χ4n) is 1.22. The summed E-state index contributed by atoms with van der Waals surface area (Å²) < 4.78 is 10.2. The van der Waals surface area contributed by atoms with Crippen molar-refractivity contribution in [1.29, 1.82) is 0 Å². The summed E-state index contributed by atoms with van der Waals surface area (Å²) in [7, 11) is 0. The molecule has 1 saturated heterocycles. The molecule has 0 bridgehead atoms. The predicted octanol–water partition coefficient (Wildman–Crippen LogP) is 0.599. The van der Waals surface area contributed by atoms with E-state index >= 15 is 0 Å². The van der Waals surface area contributed by atoms with E-state index in [1.165, 1.54) is 12.2 Å². The van der Waals surface area contributed by atoms with Gasteiger partial charge in [-0.1, -0.05) is 0 Å². The van der Waals surface area contributed by atoms with Crippen molar-refractivity contribution in [2.24, 2.45) is 0 Å². The molecule has 0 aromatic rings. The highest BCUT2D eigenvalue weighted by molar-refractivity contribution is 5.68. The molecule has 5 nitrogen and oxygen atoms in total. The average molecular weight is 213 g/mol. The molecule has 1 unspecified atom stereocenters. The molecule has 1 aliphatic rings. The van der Waals surface area contributed by atoms with Gasteiger partial charge in [0.1, 0.15) is 12.4 Å². The van der Waals surface area contributed by atoms with Crippen molar-refractivity contribution in [3.8, 4) is 0 Å². The number of allylic oxidation sites excluding steroid dienone is 1. The summed E-state index contributed by atoms with van der Waals surface area (Å²) in [5.74, 6) is 0. The van der Waals surface area contributed by atoms with Gasteiger partial charge in [-0.05, 0) is 19.1 Å². The molecule has 0 aromatic carbocycles. The third-order valence-corrected chi connectivity index (χ3v) is 2.02. The highest BCUT2D eigenvalue weighted by Gasteiger charge is 2.19. The highest BCUT2D eigenvalue weighted by atomic mass is 16.6. The van der Waals surface area contributed by atoms with Crippen LogP contribution in [0.15, 0.2) is 12.2 Å². The maximum Gasteiger partial charge on any atom is 0.410 e. The number of hydrogen-bond acceptors (Lipinski definition) is 4. The number of amides is 1. The van der Waals surface area contributed by atoms with Crippen molar-refractivity contribution < 1.29 is 19.1 Å². The molecule has 1 fully saturated rings. The molecule has 84 valence electrons. The van der Waals surface area contributed by atoms with Gasteiger partial charge in [0.2, 0.25) is 0 Å². The largest absolute Gasteiger partial charge is 0.442 e. The van der Waals surface area contributed by atoms with Crippen LogP contribution < -0.4 is 0 Å². The quantitative estimate of drug-likeness (QED) is 0.509. The molecule has 5 heteroatoms. The van der Waals surface area contributed by atoms with Crippen molar-refractivity contribution in [2.75, 3.05) is 26.3 Å². The van der Waals surface area contributed by atoms with E-state index < -0.39 is 0 Å². The van der Waals surface area contributed by atoms with E-state index in [9.17, 15) is 9.59 Å². The zero-order chi connectivity index (χ0) is 11.1. The summed E-state index contributed by atoms with van der Waals surface area (Å²) in [6.07, 6.45) is 2.76. The van der Waals surface area contributed by atoms with Crippen LogP contribution in [0.4, 0.5) is 4.79 Å². The molecule has 15 heavy (non-hydrogen) atoms. The summed E-state index contributed by atoms with van der Waals surface area (Å²) in [4.78, 5) is 23.1. The van der Waals surface area contributed by atoms with Crippen molar-refractivity contribution in [3.05, 3.63) is 12.2 Å². The fraction of sp³-hybridized carbons (Fsp3) is 0.600. The van der Waals surface area contributed by atoms with E-state index in [4.69, 9.17) is 9.47 Å². The Hall–Kier alpha value is -1.36. The van der Waals surface area contributed by atoms with Crippen molar-refractivity contribution in [1.82, 2.24) is 4.90 Å². The van der Waals surface area contributed by atoms with Gasteiger partial charge in [0.15, 0.2) is 0 Å². The van der Waals surface area contributed by atoms with Crippen LogP contribution in [0.2, 0.25) is 0 Å². The smallest absolute Gasteiger partial charge is 0.410 e. The molecular weight excluding hydrogens is 198 g/mol. The summed E-state index contributed by atoms with van der Waals surface area (Å²) in [6.45, 7) is 3.92. The molecule has 1 rings (SSSR count). The SMILES string of the molecule is CC(C=CC=O)OC(=O)N1CCOCC1. The minimum absolute atomic E-state index is 0.360. The van der Waals surface area contributed by atoms with Gasteiger partial charge in [0, 0.05) is 13.1 Å². The average Bonchev–Trinajstić information content (AvgIpc) is 2.27. The number of carbonyl (C=O) groups excluding carboxylic acids is 2. The fourth-order valence-corrected chi connectivity index (χ4v) is 1.22. The van der Waals surface area contributed by atoms with Crippen LogP contribution in [0.3, 0.4) is 0 Å². The molecule has 0 radical (unpaired) electrons. The van der Waals surface area contributed by atoms with Gasteiger partial charge in [-0.15, -0.1) is 0 Å². The Morgan fingerprint density at radius 2 is 2.13 bits per heavy atom. The summed E-state index contributed by atoms with van der Waals surface area (Å²) in [6, 6.07) is 0.